The predicted octanol–water partition coefficient (Wildman–Crippen LogP) is 0.612. The highest BCUT2D eigenvalue weighted by Crippen LogP contribution is 2.13. The van der Waals surface area contributed by atoms with Gasteiger partial charge in [-0.2, -0.15) is 17.4 Å². The van der Waals surface area contributed by atoms with Gasteiger partial charge in [-0.05, 0) is 19.3 Å². The van der Waals surface area contributed by atoms with Gasteiger partial charge in [0.1, 0.15) is 0 Å². The zero-order valence-electron chi connectivity index (χ0n) is 11.4. The summed E-state index contributed by atoms with van der Waals surface area (Å²) in [7, 11) is -3.57. The third-order valence-corrected chi connectivity index (χ3v) is 4.87. The van der Waals surface area contributed by atoms with E-state index in [9.17, 15) is 8.42 Å². The van der Waals surface area contributed by atoms with Crippen molar-refractivity contribution in [3.05, 3.63) is 0 Å². The molecule has 0 radical (unpaired) electrons. The van der Waals surface area contributed by atoms with Crippen molar-refractivity contribution in [1.29, 1.82) is 0 Å². The highest BCUT2D eigenvalue weighted by Gasteiger charge is 2.27. The second-order valence-corrected chi connectivity index (χ2v) is 6.50. The molecule has 1 aliphatic rings. The first-order valence-corrected chi connectivity index (χ1v) is 8.20. The number of rotatable bonds is 6. The van der Waals surface area contributed by atoms with Gasteiger partial charge in [0, 0.05) is 13.1 Å². The normalized spacial score (nSPS) is 21.0. The van der Waals surface area contributed by atoms with Crippen LogP contribution in [0.3, 0.4) is 0 Å². The van der Waals surface area contributed by atoms with E-state index in [0.29, 0.717) is 19.5 Å². The molecule has 112 valence electrons. The number of nitrogens with two attached hydrogens (primary N) is 1. The number of amidine groups is 1. The highest BCUT2D eigenvalue weighted by atomic mass is 32.2. The molecule has 1 atom stereocenters. The van der Waals surface area contributed by atoms with Crippen LogP contribution < -0.4 is 10.5 Å². The average molecular weight is 292 g/mol. The minimum absolute atomic E-state index is 0.0970. The quantitative estimate of drug-likeness (QED) is 0.288. The zero-order valence-corrected chi connectivity index (χ0v) is 12.2. The van der Waals surface area contributed by atoms with Gasteiger partial charge in [-0.1, -0.05) is 31.3 Å². The van der Waals surface area contributed by atoms with Crippen LogP contribution in [0.25, 0.3) is 0 Å². The molecule has 0 aromatic rings. The Morgan fingerprint density at radius 2 is 1.95 bits per heavy atom. The topological polar surface area (TPSA) is 108 Å². The molecule has 1 fully saturated rings. The molecule has 1 unspecified atom stereocenters. The van der Waals surface area contributed by atoms with Crippen molar-refractivity contribution in [1.82, 2.24) is 9.03 Å². The van der Waals surface area contributed by atoms with Crippen LogP contribution in [0.1, 0.15) is 45.4 Å². The van der Waals surface area contributed by atoms with Gasteiger partial charge in [0.2, 0.25) is 0 Å². The van der Waals surface area contributed by atoms with Gasteiger partial charge in [-0.15, -0.1) is 0 Å². The van der Waals surface area contributed by atoms with Crippen LogP contribution in [0.4, 0.5) is 0 Å². The van der Waals surface area contributed by atoms with Crippen LogP contribution in [0.5, 0.6) is 0 Å². The number of nitrogens with zero attached hydrogens (tertiary/aromatic N) is 2. The maximum Gasteiger partial charge on any atom is 0.280 e. The summed E-state index contributed by atoms with van der Waals surface area (Å²) in [6.07, 6.45) is 5.12. The fourth-order valence-corrected chi connectivity index (χ4v) is 3.65. The second kappa shape index (κ2) is 7.66. The average Bonchev–Trinajstić information content (AvgIpc) is 2.66. The van der Waals surface area contributed by atoms with Gasteiger partial charge >= 0.3 is 0 Å². The lowest BCUT2D eigenvalue weighted by atomic mass is 10.2. The molecule has 4 N–H and O–H groups in total. The first-order chi connectivity index (χ1) is 9.01. The molecule has 0 aromatic heterocycles. The minimum atomic E-state index is -3.57. The molecule has 19 heavy (non-hydrogen) atoms. The van der Waals surface area contributed by atoms with Gasteiger partial charge in [-0.25, -0.2) is 0 Å². The first-order valence-electron chi connectivity index (χ1n) is 6.76. The summed E-state index contributed by atoms with van der Waals surface area (Å²) in [4.78, 5) is 0. The van der Waals surface area contributed by atoms with E-state index >= 15 is 0 Å². The van der Waals surface area contributed by atoms with Gasteiger partial charge in [0.25, 0.3) is 10.2 Å². The number of hydrogen-bond acceptors (Lipinski definition) is 4. The van der Waals surface area contributed by atoms with Crippen LogP contribution in [-0.4, -0.2) is 42.9 Å². The maximum absolute atomic E-state index is 12.3. The molecule has 0 bridgehead atoms. The molecule has 8 heteroatoms. The van der Waals surface area contributed by atoms with Gasteiger partial charge in [-0.3, -0.25) is 0 Å². The zero-order chi connectivity index (χ0) is 14.3. The molecule has 1 rings (SSSR count). The Balaban J connectivity index is 2.74. The van der Waals surface area contributed by atoms with Crippen molar-refractivity contribution in [3.8, 4) is 0 Å². The van der Waals surface area contributed by atoms with E-state index in [1.165, 1.54) is 4.31 Å². The van der Waals surface area contributed by atoms with Gasteiger partial charge in [0.05, 0.1) is 6.04 Å². The van der Waals surface area contributed by atoms with E-state index in [4.69, 9.17) is 10.9 Å². The van der Waals surface area contributed by atoms with Crippen LogP contribution in [0.2, 0.25) is 0 Å². The third-order valence-electron chi connectivity index (χ3n) is 3.25. The molecule has 0 spiro atoms. The Bertz CT molecular complexity index is 389. The van der Waals surface area contributed by atoms with Crippen molar-refractivity contribution in [2.75, 3.05) is 13.1 Å². The Morgan fingerprint density at radius 1 is 1.37 bits per heavy atom. The third kappa shape index (κ3) is 4.96. The maximum atomic E-state index is 12.3. The molecule has 1 saturated heterocycles. The largest absolute Gasteiger partial charge is 0.409 e. The first kappa shape index (κ1) is 16.2. The lowest BCUT2D eigenvalue weighted by Crippen LogP contribution is -2.50. The monoisotopic (exact) mass is 292 g/mol. The van der Waals surface area contributed by atoms with Crippen LogP contribution >= 0.6 is 0 Å². The van der Waals surface area contributed by atoms with E-state index in [2.05, 4.69) is 9.88 Å². The van der Waals surface area contributed by atoms with E-state index < -0.39 is 16.3 Å². The fourth-order valence-electron chi connectivity index (χ4n) is 2.16. The van der Waals surface area contributed by atoms with E-state index in [1.54, 1.807) is 0 Å². The molecular weight excluding hydrogens is 268 g/mol. The molecule has 1 aliphatic heterocycles. The van der Waals surface area contributed by atoms with Crippen molar-refractivity contribution in [2.24, 2.45) is 10.9 Å². The number of nitrogens with one attached hydrogen (secondary N) is 1. The van der Waals surface area contributed by atoms with Crippen molar-refractivity contribution < 1.29 is 13.6 Å². The van der Waals surface area contributed by atoms with Crippen LogP contribution in [0, 0.1) is 0 Å². The molecule has 0 saturated carbocycles. The summed E-state index contributed by atoms with van der Waals surface area (Å²) >= 11 is 0. The fraction of sp³-hybridized carbons (Fsp3) is 0.909. The van der Waals surface area contributed by atoms with Crippen LogP contribution in [-0.2, 0) is 10.2 Å². The standard InChI is InChI=1S/C11H24N4O3S/c1-2-7-10(11(12)13-16)14-19(17,18)15-8-5-3-4-6-9-15/h10,14,16H,2-9H2,1H3,(H2,12,13). The Hall–Kier alpha value is -0.860. The number of oxime groups is 1. The molecule has 0 aromatic carbocycles. The van der Waals surface area contributed by atoms with E-state index in [-0.39, 0.29) is 5.84 Å². The molecular formula is C11H24N4O3S. The summed E-state index contributed by atoms with van der Waals surface area (Å²) in [6, 6.07) is -0.650. The van der Waals surface area contributed by atoms with Crippen molar-refractivity contribution in [3.63, 3.8) is 0 Å². The summed E-state index contributed by atoms with van der Waals surface area (Å²) in [6.45, 7) is 2.98. The molecule has 0 aliphatic carbocycles. The van der Waals surface area contributed by atoms with Crippen molar-refractivity contribution in [2.45, 2.75) is 51.5 Å². The predicted molar refractivity (Wildman–Crippen MR) is 74.2 cm³/mol. The Morgan fingerprint density at radius 3 is 2.42 bits per heavy atom. The SMILES string of the molecule is CCCC(NS(=O)(=O)N1CCCCCC1)/C(N)=N/O. The van der Waals surface area contributed by atoms with Gasteiger partial charge < -0.3 is 10.9 Å². The Kier molecular flexibility index (Phi) is 6.53. The molecule has 0 amide bonds. The minimum Gasteiger partial charge on any atom is -0.409 e. The van der Waals surface area contributed by atoms with Gasteiger partial charge in [0.15, 0.2) is 5.84 Å². The summed E-state index contributed by atoms with van der Waals surface area (Å²) < 4.78 is 28.5. The van der Waals surface area contributed by atoms with Crippen LogP contribution in [0.15, 0.2) is 5.16 Å². The summed E-state index contributed by atoms with van der Waals surface area (Å²) in [5.41, 5.74) is 5.53. The second-order valence-electron chi connectivity index (χ2n) is 4.80. The lowest BCUT2D eigenvalue weighted by molar-refractivity contribution is 0.314. The summed E-state index contributed by atoms with van der Waals surface area (Å²) in [5, 5.41) is 11.6. The summed E-state index contributed by atoms with van der Waals surface area (Å²) in [5.74, 6) is -0.0970. The number of hydrogen-bond donors (Lipinski definition) is 3. The van der Waals surface area contributed by atoms with E-state index in [1.807, 2.05) is 6.92 Å². The lowest BCUT2D eigenvalue weighted by Gasteiger charge is -2.24. The smallest absolute Gasteiger partial charge is 0.280 e. The van der Waals surface area contributed by atoms with Crippen molar-refractivity contribution >= 4 is 16.0 Å². The molecule has 1 heterocycles. The van der Waals surface area contributed by atoms with E-state index in [0.717, 1.165) is 32.1 Å². The highest BCUT2D eigenvalue weighted by molar-refractivity contribution is 7.87. The Labute approximate surface area is 115 Å². The molecule has 7 nitrogen and oxygen atoms in total.